The molecule has 2 rings (SSSR count). The van der Waals surface area contributed by atoms with Crippen molar-refractivity contribution in [3.63, 3.8) is 0 Å². The summed E-state index contributed by atoms with van der Waals surface area (Å²) in [6.45, 7) is 0.385. The van der Waals surface area contributed by atoms with Crippen LogP contribution in [-0.2, 0) is 17.8 Å². The highest BCUT2D eigenvalue weighted by Crippen LogP contribution is 2.07. The number of carbonyl (C=O) groups is 2. The summed E-state index contributed by atoms with van der Waals surface area (Å²) in [6, 6.07) is 13.0. The zero-order valence-corrected chi connectivity index (χ0v) is 13.2. The first kappa shape index (κ1) is 16.7. The van der Waals surface area contributed by atoms with Crippen LogP contribution in [0.15, 0.2) is 48.5 Å². The zero-order chi connectivity index (χ0) is 16.8. The van der Waals surface area contributed by atoms with Gasteiger partial charge in [0.05, 0.1) is 6.42 Å². The normalized spacial score (nSPS) is 10.2. The third-order valence-corrected chi connectivity index (χ3v) is 3.37. The lowest BCUT2D eigenvalue weighted by Gasteiger charge is -2.11. The van der Waals surface area contributed by atoms with Crippen LogP contribution < -0.4 is 5.32 Å². The van der Waals surface area contributed by atoms with E-state index in [1.807, 2.05) is 12.1 Å². The minimum Gasteiger partial charge on any atom is -0.352 e. The summed E-state index contributed by atoms with van der Waals surface area (Å²) >= 11 is 0. The molecule has 0 saturated carbocycles. The highest BCUT2D eigenvalue weighted by molar-refractivity contribution is 5.93. The molecule has 0 aliphatic rings. The van der Waals surface area contributed by atoms with Gasteiger partial charge in [-0.05, 0) is 35.4 Å². The molecule has 0 radical (unpaired) electrons. The largest absolute Gasteiger partial charge is 0.352 e. The molecule has 0 aliphatic carbocycles. The van der Waals surface area contributed by atoms with E-state index in [9.17, 15) is 14.0 Å². The van der Waals surface area contributed by atoms with Crippen molar-refractivity contribution in [1.29, 1.82) is 0 Å². The zero-order valence-electron chi connectivity index (χ0n) is 13.2. The van der Waals surface area contributed by atoms with Crippen LogP contribution in [0.4, 0.5) is 4.39 Å². The molecular weight excluding hydrogens is 295 g/mol. The smallest absolute Gasteiger partial charge is 0.253 e. The number of hydrogen-bond acceptors (Lipinski definition) is 2. The summed E-state index contributed by atoms with van der Waals surface area (Å²) in [5.74, 6) is -0.511. The highest BCUT2D eigenvalue weighted by atomic mass is 19.1. The maximum atomic E-state index is 12.8. The number of nitrogens with one attached hydrogen (secondary N) is 1. The van der Waals surface area contributed by atoms with Crippen molar-refractivity contribution in [2.45, 2.75) is 13.0 Å². The van der Waals surface area contributed by atoms with Gasteiger partial charge in [-0.15, -0.1) is 0 Å². The molecule has 2 amide bonds. The van der Waals surface area contributed by atoms with Crippen LogP contribution in [0.3, 0.4) is 0 Å². The van der Waals surface area contributed by atoms with E-state index in [-0.39, 0.29) is 24.1 Å². The maximum absolute atomic E-state index is 12.8. The number of nitrogens with zero attached hydrogens (tertiary/aromatic N) is 1. The van der Waals surface area contributed by atoms with Crippen molar-refractivity contribution < 1.29 is 14.0 Å². The summed E-state index contributed by atoms with van der Waals surface area (Å²) < 4.78 is 12.8. The fourth-order valence-corrected chi connectivity index (χ4v) is 2.07. The molecule has 0 fully saturated rings. The van der Waals surface area contributed by atoms with E-state index in [1.165, 1.54) is 17.0 Å². The Balaban J connectivity index is 1.86. The van der Waals surface area contributed by atoms with Gasteiger partial charge < -0.3 is 10.2 Å². The van der Waals surface area contributed by atoms with Crippen LogP contribution >= 0.6 is 0 Å². The number of amides is 2. The van der Waals surface area contributed by atoms with E-state index in [1.54, 1.807) is 38.4 Å². The van der Waals surface area contributed by atoms with Gasteiger partial charge in [0, 0.05) is 26.2 Å². The molecule has 0 atom stereocenters. The molecule has 0 saturated heterocycles. The van der Waals surface area contributed by atoms with Gasteiger partial charge in [0.15, 0.2) is 0 Å². The van der Waals surface area contributed by atoms with Gasteiger partial charge in [-0.1, -0.05) is 24.3 Å². The third-order valence-electron chi connectivity index (χ3n) is 3.37. The van der Waals surface area contributed by atoms with Crippen LogP contribution in [0.25, 0.3) is 0 Å². The maximum Gasteiger partial charge on any atom is 0.253 e. The second kappa shape index (κ2) is 7.54. The number of halogens is 1. The second-order valence-electron chi connectivity index (χ2n) is 5.48. The van der Waals surface area contributed by atoms with E-state index in [4.69, 9.17) is 0 Å². The minimum atomic E-state index is -0.318. The Morgan fingerprint density at radius 3 is 2.09 bits per heavy atom. The predicted molar refractivity (Wildman–Crippen MR) is 86.4 cm³/mol. The van der Waals surface area contributed by atoms with Crippen molar-refractivity contribution in [3.05, 3.63) is 71.0 Å². The summed E-state index contributed by atoms with van der Waals surface area (Å²) in [6.07, 6.45) is 0.206. The predicted octanol–water partition coefficient (Wildman–Crippen LogP) is 2.39. The Kier molecular flexibility index (Phi) is 5.46. The summed E-state index contributed by atoms with van der Waals surface area (Å²) in [5.41, 5.74) is 2.28. The molecule has 2 aromatic rings. The molecule has 0 bridgehead atoms. The summed E-state index contributed by atoms with van der Waals surface area (Å²) in [5, 5.41) is 2.81. The van der Waals surface area contributed by atoms with Gasteiger partial charge in [-0.2, -0.15) is 0 Å². The fraction of sp³-hybridized carbons (Fsp3) is 0.222. The van der Waals surface area contributed by atoms with Gasteiger partial charge in [0.2, 0.25) is 5.91 Å². The highest BCUT2D eigenvalue weighted by Gasteiger charge is 2.08. The monoisotopic (exact) mass is 314 g/mol. The van der Waals surface area contributed by atoms with E-state index >= 15 is 0 Å². The van der Waals surface area contributed by atoms with Crippen molar-refractivity contribution >= 4 is 11.8 Å². The fourth-order valence-electron chi connectivity index (χ4n) is 2.07. The first-order valence-corrected chi connectivity index (χ1v) is 7.27. The van der Waals surface area contributed by atoms with Crippen molar-refractivity contribution in [2.24, 2.45) is 0 Å². The summed E-state index contributed by atoms with van der Waals surface area (Å²) in [4.78, 5) is 25.2. The standard InChI is InChI=1S/C18H19FN2O2/c1-21(2)18(23)15-7-3-14(4-8-15)12-20-17(22)11-13-5-9-16(19)10-6-13/h3-10H,11-12H2,1-2H3,(H,20,22). The minimum absolute atomic E-state index is 0.0584. The van der Waals surface area contributed by atoms with E-state index in [0.29, 0.717) is 12.1 Å². The Labute approximate surface area is 134 Å². The molecular formula is C18H19FN2O2. The molecule has 0 aromatic heterocycles. The van der Waals surface area contributed by atoms with Gasteiger partial charge in [-0.3, -0.25) is 9.59 Å². The lowest BCUT2D eigenvalue weighted by Crippen LogP contribution is -2.24. The van der Waals surface area contributed by atoms with Gasteiger partial charge in [0.1, 0.15) is 5.82 Å². The lowest BCUT2D eigenvalue weighted by molar-refractivity contribution is -0.120. The number of benzene rings is 2. The quantitative estimate of drug-likeness (QED) is 0.921. The van der Waals surface area contributed by atoms with Crippen LogP contribution in [0.2, 0.25) is 0 Å². The second-order valence-corrected chi connectivity index (χ2v) is 5.48. The molecule has 2 aromatic carbocycles. The average molecular weight is 314 g/mol. The van der Waals surface area contributed by atoms with Gasteiger partial charge in [-0.25, -0.2) is 4.39 Å². The van der Waals surface area contributed by atoms with E-state index in [2.05, 4.69) is 5.32 Å². The first-order valence-electron chi connectivity index (χ1n) is 7.27. The topological polar surface area (TPSA) is 49.4 Å². The molecule has 4 nitrogen and oxygen atoms in total. The average Bonchev–Trinajstić information content (AvgIpc) is 2.55. The Morgan fingerprint density at radius 1 is 0.957 bits per heavy atom. The van der Waals surface area contributed by atoms with E-state index in [0.717, 1.165) is 11.1 Å². The van der Waals surface area contributed by atoms with Gasteiger partial charge in [0.25, 0.3) is 5.91 Å². The lowest BCUT2D eigenvalue weighted by atomic mass is 10.1. The van der Waals surface area contributed by atoms with Crippen LogP contribution in [0.1, 0.15) is 21.5 Å². The first-order chi connectivity index (χ1) is 11.0. The molecule has 0 aliphatic heterocycles. The van der Waals surface area contributed by atoms with E-state index < -0.39 is 0 Å². The molecule has 0 unspecified atom stereocenters. The molecule has 1 N–H and O–H groups in total. The molecule has 5 heteroatoms. The number of hydrogen-bond donors (Lipinski definition) is 1. The third kappa shape index (κ3) is 4.92. The molecule has 0 spiro atoms. The van der Waals surface area contributed by atoms with Crippen LogP contribution in [-0.4, -0.2) is 30.8 Å². The number of carbonyl (C=O) groups excluding carboxylic acids is 2. The van der Waals surface area contributed by atoms with Crippen molar-refractivity contribution in [3.8, 4) is 0 Å². The van der Waals surface area contributed by atoms with Crippen LogP contribution in [0.5, 0.6) is 0 Å². The van der Waals surface area contributed by atoms with Gasteiger partial charge >= 0.3 is 0 Å². The Bertz CT molecular complexity index is 679. The van der Waals surface area contributed by atoms with Crippen LogP contribution in [0, 0.1) is 5.82 Å². The molecule has 23 heavy (non-hydrogen) atoms. The molecule has 120 valence electrons. The Morgan fingerprint density at radius 2 is 1.52 bits per heavy atom. The Hall–Kier alpha value is -2.69. The van der Waals surface area contributed by atoms with Crippen molar-refractivity contribution in [1.82, 2.24) is 10.2 Å². The SMILES string of the molecule is CN(C)C(=O)c1ccc(CNC(=O)Cc2ccc(F)cc2)cc1. The summed E-state index contributed by atoms with van der Waals surface area (Å²) in [7, 11) is 3.40. The number of rotatable bonds is 5. The van der Waals surface area contributed by atoms with Crippen molar-refractivity contribution in [2.75, 3.05) is 14.1 Å². The molecule has 0 heterocycles.